The lowest BCUT2D eigenvalue weighted by Crippen LogP contribution is -2.63. The zero-order chi connectivity index (χ0) is 20.5. The van der Waals surface area contributed by atoms with E-state index in [1.807, 2.05) is 60.7 Å². The fraction of sp³-hybridized carbons (Fsp3) is 0.364. The highest BCUT2D eigenvalue weighted by molar-refractivity contribution is 6.69. The lowest BCUT2D eigenvalue weighted by molar-refractivity contribution is -0.134. The number of amides is 3. The number of likely N-dealkylation sites (N-methyl/N-ethyl adjacent to an activating group) is 1. The fourth-order valence-corrected chi connectivity index (χ4v) is 5.26. The van der Waals surface area contributed by atoms with Crippen molar-refractivity contribution in [1.29, 1.82) is 0 Å². The van der Waals surface area contributed by atoms with Crippen molar-refractivity contribution in [1.82, 2.24) is 9.80 Å². The summed E-state index contributed by atoms with van der Waals surface area (Å²) in [6.45, 7) is 6.39. The number of urea groups is 1. The minimum absolute atomic E-state index is 0.191. The maximum Gasteiger partial charge on any atom is 0.326 e. The lowest BCUT2D eigenvalue weighted by atomic mass is 9.77. The zero-order valence-corrected chi connectivity index (χ0v) is 18.2. The summed E-state index contributed by atoms with van der Waals surface area (Å²) in [5.74, 6) is -0.191. The van der Waals surface area contributed by atoms with Crippen molar-refractivity contribution in [3.05, 3.63) is 71.8 Å². The van der Waals surface area contributed by atoms with E-state index in [0.717, 1.165) is 11.1 Å². The molecule has 5 nitrogen and oxygen atoms in total. The smallest absolute Gasteiger partial charge is 0.326 e. The molecule has 0 radical (unpaired) electrons. The van der Waals surface area contributed by atoms with Crippen LogP contribution in [0.15, 0.2) is 60.7 Å². The molecule has 6 heteroatoms. The van der Waals surface area contributed by atoms with Gasteiger partial charge in [0.05, 0.1) is 12.5 Å². The van der Waals surface area contributed by atoms with Crippen molar-refractivity contribution in [3.8, 4) is 0 Å². The first-order chi connectivity index (χ1) is 13.2. The highest BCUT2D eigenvalue weighted by Crippen LogP contribution is 2.44. The van der Waals surface area contributed by atoms with Gasteiger partial charge in [-0.1, -0.05) is 60.7 Å². The molecule has 1 fully saturated rings. The molecule has 2 aromatic rings. The lowest BCUT2D eigenvalue weighted by Gasteiger charge is -2.50. The number of hydrogen-bond acceptors (Lipinski definition) is 3. The Hall–Kier alpha value is -2.44. The van der Waals surface area contributed by atoms with Gasteiger partial charge in [0, 0.05) is 14.1 Å². The van der Waals surface area contributed by atoms with E-state index < -0.39 is 20.0 Å². The van der Waals surface area contributed by atoms with Crippen LogP contribution < -0.4 is 0 Å². The molecule has 1 aliphatic heterocycles. The molecule has 0 aromatic heterocycles. The first-order valence-corrected chi connectivity index (χ1v) is 12.9. The molecule has 1 aliphatic rings. The Morgan fingerprint density at radius 1 is 0.893 bits per heavy atom. The average Bonchev–Trinajstić information content (AvgIpc) is 2.68. The molecule has 1 heterocycles. The van der Waals surface area contributed by atoms with Crippen molar-refractivity contribution in [2.45, 2.75) is 37.7 Å². The minimum Gasteiger partial charge on any atom is -0.402 e. The molecule has 28 heavy (non-hydrogen) atoms. The van der Waals surface area contributed by atoms with Crippen LogP contribution in [0.5, 0.6) is 0 Å². The predicted molar refractivity (Wildman–Crippen MR) is 112 cm³/mol. The van der Waals surface area contributed by atoms with E-state index >= 15 is 0 Å². The second kappa shape index (κ2) is 7.52. The van der Waals surface area contributed by atoms with Gasteiger partial charge in [-0.05, 0) is 30.8 Å². The summed E-state index contributed by atoms with van der Waals surface area (Å²) in [6.07, 6.45) is 0.201. The molecule has 1 saturated heterocycles. The molecular formula is C22H28N2O3Si. The van der Waals surface area contributed by atoms with Crippen LogP contribution in [-0.4, -0.2) is 50.2 Å². The van der Waals surface area contributed by atoms with E-state index in [2.05, 4.69) is 19.6 Å². The normalized spacial score (nSPS) is 18.5. The average molecular weight is 397 g/mol. The Morgan fingerprint density at radius 2 is 1.36 bits per heavy atom. The van der Waals surface area contributed by atoms with Crippen LogP contribution in [-0.2, 0) is 14.8 Å². The Morgan fingerprint density at radius 3 is 1.79 bits per heavy atom. The monoisotopic (exact) mass is 396 g/mol. The zero-order valence-electron chi connectivity index (χ0n) is 17.2. The van der Waals surface area contributed by atoms with Gasteiger partial charge >= 0.3 is 6.03 Å². The fourth-order valence-electron chi connectivity index (χ4n) is 3.92. The number of hydrogen-bond donors (Lipinski definition) is 0. The Labute approximate surface area is 168 Å². The van der Waals surface area contributed by atoms with Crippen LogP contribution >= 0.6 is 0 Å². The van der Waals surface area contributed by atoms with Gasteiger partial charge in [-0.2, -0.15) is 0 Å². The summed E-state index contributed by atoms with van der Waals surface area (Å²) in [7, 11) is 1.19. The van der Waals surface area contributed by atoms with E-state index in [1.165, 1.54) is 11.9 Å². The van der Waals surface area contributed by atoms with Gasteiger partial charge in [-0.25, -0.2) is 4.79 Å². The summed E-state index contributed by atoms with van der Waals surface area (Å²) in [5, 5.41) is 0. The Bertz CT molecular complexity index is 810. The van der Waals surface area contributed by atoms with Gasteiger partial charge in [0.15, 0.2) is 8.32 Å². The van der Waals surface area contributed by atoms with Gasteiger partial charge < -0.3 is 9.33 Å². The standard InChI is InChI=1S/C22H28N2O3Si/c1-23-19(16-20(25)24(2)21(23)26)22(27-28(3,4)5,17-12-8-6-9-13-17)18-14-10-7-11-15-18/h6-15,19H,16H2,1-5H3/t19-/m0/s1. The molecule has 0 unspecified atom stereocenters. The third-order valence-corrected chi connectivity index (χ3v) is 6.07. The third-order valence-electron chi connectivity index (χ3n) is 5.14. The van der Waals surface area contributed by atoms with Gasteiger partial charge in [0.1, 0.15) is 5.60 Å². The maximum absolute atomic E-state index is 12.8. The predicted octanol–water partition coefficient (Wildman–Crippen LogP) is 4.06. The topological polar surface area (TPSA) is 49.9 Å². The highest BCUT2D eigenvalue weighted by Gasteiger charge is 2.52. The first-order valence-electron chi connectivity index (χ1n) is 9.51. The molecule has 3 amide bonds. The Kier molecular flexibility index (Phi) is 5.45. The molecular weight excluding hydrogens is 368 g/mol. The molecule has 2 aromatic carbocycles. The van der Waals surface area contributed by atoms with E-state index in [0.29, 0.717) is 0 Å². The van der Waals surface area contributed by atoms with Crippen molar-refractivity contribution >= 4 is 20.3 Å². The molecule has 0 aliphatic carbocycles. The highest BCUT2D eigenvalue weighted by atomic mass is 28.4. The number of nitrogens with zero attached hydrogens (tertiary/aromatic N) is 2. The SMILES string of the molecule is CN1C(=O)C[C@@H](C(O[Si](C)(C)C)(c2ccccc2)c2ccccc2)N(C)C1=O. The Balaban J connectivity index is 2.29. The minimum atomic E-state index is -2.10. The molecule has 1 atom stereocenters. The number of carbonyl (C=O) groups excluding carboxylic acids is 2. The van der Waals surface area contributed by atoms with Crippen molar-refractivity contribution < 1.29 is 14.0 Å². The van der Waals surface area contributed by atoms with Gasteiger partial charge in [0.2, 0.25) is 5.91 Å². The third kappa shape index (κ3) is 3.62. The summed E-state index contributed by atoms with van der Waals surface area (Å²) in [4.78, 5) is 28.3. The number of imide groups is 1. The molecule has 148 valence electrons. The summed E-state index contributed by atoms with van der Waals surface area (Å²) >= 11 is 0. The molecule has 0 spiro atoms. The summed E-state index contributed by atoms with van der Waals surface area (Å²) < 4.78 is 6.91. The van der Waals surface area contributed by atoms with Gasteiger partial charge in [0.25, 0.3) is 0 Å². The first kappa shape index (κ1) is 20.3. The number of rotatable bonds is 5. The second-order valence-electron chi connectivity index (χ2n) is 8.25. The van der Waals surface area contributed by atoms with E-state index in [1.54, 1.807) is 11.9 Å². The van der Waals surface area contributed by atoms with E-state index in [9.17, 15) is 9.59 Å². The van der Waals surface area contributed by atoms with Crippen LogP contribution in [0.4, 0.5) is 4.79 Å². The second-order valence-corrected chi connectivity index (χ2v) is 12.7. The van der Waals surface area contributed by atoms with Gasteiger partial charge in [-0.3, -0.25) is 9.69 Å². The molecule has 0 bridgehead atoms. The van der Waals surface area contributed by atoms with E-state index in [4.69, 9.17) is 4.43 Å². The number of benzene rings is 2. The van der Waals surface area contributed by atoms with Crippen LogP contribution in [0.3, 0.4) is 0 Å². The molecule has 0 saturated carbocycles. The van der Waals surface area contributed by atoms with Crippen LogP contribution in [0.1, 0.15) is 17.5 Å². The van der Waals surface area contributed by atoms with Crippen LogP contribution in [0.2, 0.25) is 19.6 Å². The maximum atomic E-state index is 12.8. The molecule has 3 rings (SSSR count). The van der Waals surface area contributed by atoms with Crippen molar-refractivity contribution in [2.75, 3.05) is 14.1 Å². The van der Waals surface area contributed by atoms with Crippen LogP contribution in [0, 0.1) is 0 Å². The number of carbonyl (C=O) groups is 2. The quantitative estimate of drug-likeness (QED) is 0.716. The largest absolute Gasteiger partial charge is 0.402 e. The van der Waals surface area contributed by atoms with Crippen LogP contribution in [0.25, 0.3) is 0 Å². The van der Waals surface area contributed by atoms with E-state index in [-0.39, 0.29) is 18.4 Å². The van der Waals surface area contributed by atoms with Crippen molar-refractivity contribution in [2.24, 2.45) is 0 Å². The summed E-state index contributed by atoms with van der Waals surface area (Å²) in [6, 6.07) is 19.1. The van der Waals surface area contributed by atoms with Gasteiger partial charge in [-0.15, -0.1) is 0 Å². The summed E-state index contributed by atoms with van der Waals surface area (Å²) in [5.41, 5.74) is 0.977. The molecule has 0 N–H and O–H groups in total. The van der Waals surface area contributed by atoms with Crippen molar-refractivity contribution in [3.63, 3.8) is 0 Å².